The third kappa shape index (κ3) is 5.26. The van der Waals surface area contributed by atoms with Gasteiger partial charge in [-0.1, -0.05) is 20.8 Å². The van der Waals surface area contributed by atoms with Crippen molar-refractivity contribution in [3.63, 3.8) is 0 Å². The van der Waals surface area contributed by atoms with Gasteiger partial charge in [0.25, 0.3) is 5.69 Å². The van der Waals surface area contributed by atoms with Gasteiger partial charge in [-0.05, 0) is 24.9 Å². The van der Waals surface area contributed by atoms with Crippen LogP contribution in [0.3, 0.4) is 0 Å². The lowest BCUT2D eigenvalue weighted by Crippen LogP contribution is -2.13. The van der Waals surface area contributed by atoms with E-state index in [2.05, 4.69) is 26.1 Å². The van der Waals surface area contributed by atoms with Crippen LogP contribution in [0.1, 0.15) is 32.8 Å². The van der Waals surface area contributed by atoms with Crippen molar-refractivity contribution in [2.24, 2.45) is 5.41 Å². The molecule has 0 spiro atoms. The van der Waals surface area contributed by atoms with Crippen molar-refractivity contribution >= 4 is 5.69 Å². The molecule has 0 aliphatic carbocycles. The highest BCUT2D eigenvalue weighted by molar-refractivity contribution is 5.43. The summed E-state index contributed by atoms with van der Waals surface area (Å²) in [4.78, 5) is 10.4. The quantitative estimate of drug-likeness (QED) is 0.634. The first-order chi connectivity index (χ1) is 8.83. The molecular formula is C14H22N2O3. The molecule has 0 aliphatic heterocycles. The second kappa shape index (κ2) is 6.52. The SMILES string of the molecule is CNCc1cc([N+](=O)[O-])ccc1OCCC(C)(C)C. The van der Waals surface area contributed by atoms with Gasteiger partial charge < -0.3 is 10.1 Å². The van der Waals surface area contributed by atoms with Crippen molar-refractivity contribution in [3.8, 4) is 5.75 Å². The van der Waals surface area contributed by atoms with Crippen molar-refractivity contribution < 1.29 is 9.66 Å². The zero-order chi connectivity index (χ0) is 14.5. The Morgan fingerprint density at radius 3 is 2.58 bits per heavy atom. The first-order valence-electron chi connectivity index (χ1n) is 6.38. The average Bonchev–Trinajstić information content (AvgIpc) is 2.29. The molecule has 0 amide bonds. The minimum Gasteiger partial charge on any atom is -0.493 e. The number of hydrogen-bond acceptors (Lipinski definition) is 4. The van der Waals surface area contributed by atoms with Gasteiger partial charge in [-0.2, -0.15) is 0 Å². The van der Waals surface area contributed by atoms with Gasteiger partial charge >= 0.3 is 0 Å². The largest absolute Gasteiger partial charge is 0.493 e. The van der Waals surface area contributed by atoms with E-state index in [0.29, 0.717) is 18.9 Å². The minimum absolute atomic E-state index is 0.0911. The summed E-state index contributed by atoms with van der Waals surface area (Å²) in [5.74, 6) is 0.712. The Hall–Kier alpha value is -1.62. The lowest BCUT2D eigenvalue weighted by atomic mass is 9.93. The highest BCUT2D eigenvalue weighted by Crippen LogP contribution is 2.25. The van der Waals surface area contributed by atoms with Gasteiger partial charge in [0.1, 0.15) is 5.75 Å². The van der Waals surface area contributed by atoms with Crippen LogP contribution in [0.5, 0.6) is 5.75 Å². The van der Waals surface area contributed by atoms with E-state index in [0.717, 1.165) is 12.0 Å². The lowest BCUT2D eigenvalue weighted by Gasteiger charge is -2.19. The molecule has 0 saturated heterocycles. The third-order valence-electron chi connectivity index (χ3n) is 2.73. The number of rotatable bonds is 6. The van der Waals surface area contributed by atoms with Crippen LogP contribution in [0, 0.1) is 15.5 Å². The maximum absolute atomic E-state index is 10.8. The van der Waals surface area contributed by atoms with Crippen molar-refractivity contribution in [1.29, 1.82) is 0 Å². The van der Waals surface area contributed by atoms with E-state index in [-0.39, 0.29) is 11.1 Å². The topological polar surface area (TPSA) is 64.4 Å². The molecule has 5 nitrogen and oxygen atoms in total. The zero-order valence-corrected chi connectivity index (χ0v) is 12.0. The van der Waals surface area contributed by atoms with Crippen LogP contribution in [0.2, 0.25) is 0 Å². The van der Waals surface area contributed by atoms with Gasteiger partial charge in [-0.15, -0.1) is 0 Å². The number of non-ortho nitro benzene ring substituents is 1. The second-order valence-corrected chi connectivity index (χ2v) is 5.74. The summed E-state index contributed by atoms with van der Waals surface area (Å²) in [6.07, 6.45) is 0.934. The fourth-order valence-corrected chi connectivity index (χ4v) is 1.62. The van der Waals surface area contributed by atoms with Crippen LogP contribution >= 0.6 is 0 Å². The summed E-state index contributed by atoms with van der Waals surface area (Å²) in [6.45, 7) is 7.62. The van der Waals surface area contributed by atoms with E-state index in [1.54, 1.807) is 19.2 Å². The van der Waals surface area contributed by atoms with Gasteiger partial charge in [0.2, 0.25) is 0 Å². The molecular weight excluding hydrogens is 244 g/mol. The van der Waals surface area contributed by atoms with E-state index in [9.17, 15) is 10.1 Å². The molecule has 0 bridgehead atoms. The molecule has 0 fully saturated rings. The molecule has 0 radical (unpaired) electrons. The highest BCUT2D eigenvalue weighted by atomic mass is 16.6. The third-order valence-corrected chi connectivity index (χ3v) is 2.73. The lowest BCUT2D eigenvalue weighted by molar-refractivity contribution is -0.384. The fraction of sp³-hybridized carbons (Fsp3) is 0.571. The van der Waals surface area contributed by atoms with E-state index in [1.165, 1.54) is 6.07 Å². The van der Waals surface area contributed by atoms with E-state index in [4.69, 9.17) is 4.74 Å². The molecule has 0 aliphatic rings. The smallest absolute Gasteiger partial charge is 0.270 e. The molecule has 0 aromatic heterocycles. The Labute approximate surface area is 114 Å². The number of nitro groups is 1. The number of ether oxygens (including phenoxy) is 1. The number of nitrogens with zero attached hydrogens (tertiary/aromatic N) is 1. The molecule has 1 N–H and O–H groups in total. The van der Waals surface area contributed by atoms with E-state index < -0.39 is 4.92 Å². The summed E-state index contributed by atoms with van der Waals surface area (Å²) in [5, 5.41) is 13.8. The monoisotopic (exact) mass is 266 g/mol. The molecule has 1 rings (SSSR count). The Bertz CT molecular complexity index is 439. The van der Waals surface area contributed by atoms with E-state index >= 15 is 0 Å². The van der Waals surface area contributed by atoms with Crippen molar-refractivity contribution in [3.05, 3.63) is 33.9 Å². The molecule has 0 unspecified atom stereocenters. The van der Waals surface area contributed by atoms with Crippen LogP contribution in [-0.2, 0) is 6.54 Å². The second-order valence-electron chi connectivity index (χ2n) is 5.74. The molecule has 1 aromatic carbocycles. The van der Waals surface area contributed by atoms with Crippen molar-refractivity contribution in [1.82, 2.24) is 5.32 Å². The summed E-state index contributed by atoms with van der Waals surface area (Å²) < 4.78 is 5.74. The predicted molar refractivity (Wildman–Crippen MR) is 75.4 cm³/mol. The molecule has 0 heterocycles. The molecule has 1 aromatic rings. The Morgan fingerprint density at radius 1 is 1.37 bits per heavy atom. The Balaban J connectivity index is 2.79. The normalized spacial score (nSPS) is 11.4. The maximum Gasteiger partial charge on any atom is 0.270 e. The van der Waals surface area contributed by atoms with Gasteiger partial charge in [0, 0.05) is 24.2 Å². The zero-order valence-electron chi connectivity index (χ0n) is 12.0. The molecule has 19 heavy (non-hydrogen) atoms. The first kappa shape index (κ1) is 15.4. The minimum atomic E-state index is -0.391. The van der Waals surface area contributed by atoms with Crippen LogP contribution in [0.15, 0.2) is 18.2 Å². The summed E-state index contributed by atoms with van der Waals surface area (Å²) >= 11 is 0. The number of hydrogen-bond donors (Lipinski definition) is 1. The van der Waals surface area contributed by atoms with Crippen LogP contribution in [0.25, 0.3) is 0 Å². The predicted octanol–water partition coefficient (Wildman–Crippen LogP) is 3.13. The van der Waals surface area contributed by atoms with Gasteiger partial charge in [0.05, 0.1) is 11.5 Å². The van der Waals surface area contributed by atoms with Crippen molar-refractivity contribution in [2.75, 3.05) is 13.7 Å². The number of nitrogens with one attached hydrogen (secondary N) is 1. The van der Waals surface area contributed by atoms with Crippen molar-refractivity contribution in [2.45, 2.75) is 33.7 Å². The molecule has 106 valence electrons. The van der Waals surface area contributed by atoms with Gasteiger partial charge in [0.15, 0.2) is 0 Å². The van der Waals surface area contributed by atoms with Crippen LogP contribution in [0.4, 0.5) is 5.69 Å². The standard InChI is InChI=1S/C14H22N2O3/c1-14(2,3)7-8-19-13-6-5-12(16(17)18)9-11(13)10-15-4/h5-6,9,15H,7-8,10H2,1-4H3. The fourth-order valence-electron chi connectivity index (χ4n) is 1.62. The summed E-state index contributed by atoms with van der Waals surface area (Å²) in [6, 6.07) is 4.71. The number of nitro benzene ring substituents is 1. The van der Waals surface area contributed by atoms with Crippen LogP contribution in [-0.4, -0.2) is 18.6 Å². The molecule has 5 heteroatoms. The summed E-state index contributed by atoms with van der Waals surface area (Å²) in [7, 11) is 1.80. The highest BCUT2D eigenvalue weighted by Gasteiger charge is 2.13. The average molecular weight is 266 g/mol. The molecule has 0 atom stereocenters. The Morgan fingerprint density at radius 2 is 2.05 bits per heavy atom. The van der Waals surface area contributed by atoms with Gasteiger partial charge in [-0.3, -0.25) is 10.1 Å². The Kier molecular flexibility index (Phi) is 5.30. The molecule has 0 saturated carbocycles. The summed E-state index contributed by atoms with van der Waals surface area (Å²) in [5.41, 5.74) is 1.11. The van der Waals surface area contributed by atoms with Gasteiger partial charge in [-0.25, -0.2) is 0 Å². The maximum atomic E-state index is 10.8. The van der Waals surface area contributed by atoms with Crippen LogP contribution < -0.4 is 10.1 Å². The first-order valence-corrected chi connectivity index (χ1v) is 6.38. The number of benzene rings is 1. The van der Waals surface area contributed by atoms with E-state index in [1.807, 2.05) is 0 Å².